The summed E-state index contributed by atoms with van der Waals surface area (Å²) in [4.78, 5) is 14.3. The number of aromatic nitrogens is 2. The van der Waals surface area contributed by atoms with Gasteiger partial charge in [0.1, 0.15) is 0 Å². The molecule has 0 aromatic carbocycles. The molecule has 0 aliphatic carbocycles. The predicted octanol–water partition coefficient (Wildman–Crippen LogP) is 2.26. The number of nitrogens with zero attached hydrogens (tertiary/aromatic N) is 3. The van der Waals surface area contributed by atoms with Crippen molar-refractivity contribution in [1.29, 1.82) is 0 Å². The van der Waals surface area contributed by atoms with E-state index in [1.165, 1.54) is 5.69 Å². The molecule has 1 aromatic heterocycles. The fraction of sp³-hybridized carbons (Fsp3) is 0.765. The highest BCUT2D eigenvalue weighted by Gasteiger charge is 2.26. The first-order valence-electron chi connectivity index (χ1n) is 8.56. The number of nitrogens with two attached hydrogens (primary N) is 1. The molecule has 5 nitrogen and oxygen atoms in total. The molecule has 2 heterocycles. The van der Waals surface area contributed by atoms with Gasteiger partial charge < -0.3 is 10.6 Å². The molecule has 2 N–H and O–H groups in total. The lowest BCUT2D eigenvalue weighted by atomic mass is 9.96. The second-order valence-corrected chi connectivity index (χ2v) is 6.63. The summed E-state index contributed by atoms with van der Waals surface area (Å²) in [5, 5.41) is 4.54. The lowest BCUT2D eigenvalue weighted by molar-refractivity contribution is -0.134. The highest BCUT2D eigenvalue weighted by molar-refractivity contribution is 5.81. The molecule has 1 saturated heterocycles. The van der Waals surface area contributed by atoms with Crippen molar-refractivity contribution in [3.8, 4) is 0 Å². The van der Waals surface area contributed by atoms with Crippen molar-refractivity contribution in [2.24, 2.45) is 11.7 Å². The molecule has 0 bridgehead atoms. The highest BCUT2D eigenvalue weighted by atomic mass is 16.2. The summed E-state index contributed by atoms with van der Waals surface area (Å²) in [5.74, 6) is 0.743. The summed E-state index contributed by atoms with van der Waals surface area (Å²) in [6, 6.07) is 1.80. The van der Waals surface area contributed by atoms with Gasteiger partial charge in [-0.3, -0.25) is 9.48 Å². The normalized spacial score (nSPS) is 17.7. The van der Waals surface area contributed by atoms with Gasteiger partial charge in [0.2, 0.25) is 5.91 Å². The Morgan fingerprint density at radius 2 is 2.09 bits per heavy atom. The Bertz CT molecular complexity index is 489. The van der Waals surface area contributed by atoms with Crippen LogP contribution in [0.1, 0.15) is 50.4 Å². The third-order valence-corrected chi connectivity index (χ3v) is 4.65. The number of amides is 1. The number of unbranched alkanes of at least 4 members (excludes halogenated alkanes) is 1. The lowest BCUT2D eigenvalue weighted by Gasteiger charge is -2.33. The van der Waals surface area contributed by atoms with Crippen LogP contribution in [0, 0.1) is 19.8 Å². The fourth-order valence-electron chi connectivity index (χ4n) is 3.22. The molecule has 1 aliphatic rings. The van der Waals surface area contributed by atoms with Gasteiger partial charge >= 0.3 is 0 Å². The smallest absolute Gasteiger partial charge is 0.239 e. The van der Waals surface area contributed by atoms with Gasteiger partial charge in [-0.15, -0.1) is 0 Å². The number of likely N-dealkylation sites (tertiary alicyclic amines) is 1. The standard InChI is InChI=1S/C17H30N4O/c1-4-5-6-16(18)17(22)20-9-7-15(8-10-20)12-21-14(3)11-13(2)19-21/h11,15-16H,4-10,12,18H2,1-3H3. The van der Waals surface area contributed by atoms with Gasteiger partial charge in [-0.25, -0.2) is 0 Å². The molecule has 1 fully saturated rings. The van der Waals surface area contributed by atoms with Gasteiger partial charge in [-0.05, 0) is 45.1 Å². The van der Waals surface area contributed by atoms with Crippen molar-refractivity contribution in [2.45, 2.75) is 65.5 Å². The minimum atomic E-state index is -0.312. The van der Waals surface area contributed by atoms with E-state index in [2.05, 4.69) is 29.7 Å². The van der Waals surface area contributed by atoms with Crippen LogP contribution in [-0.2, 0) is 11.3 Å². The average Bonchev–Trinajstić information content (AvgIpc) is 2.82. The van der Waals surface area contributed by atoms with Crippen LogP contribution >= 0.6 is 0 Å². The average molecular weight is 306 g/mol. The van der Waals surface area contributed by atoms with E-state index in [4.69, 9.17) is 5.73 Å². The third-order valence-electron chi connectivity index (χ3n) is 4.65. The van der Waals surface area contributed by atoms with Crippen LogP contribution in [0.2, 0.25) is 0 Å². The van der Waals surface area contributed by atoms with E-state index >= 15 is 0 Å². The van der Waals surface area contributed by atoms with Crippen LogP contribution in [0.5, 0.6) is 0 Å². The van der Waals surface area contributed by atoms with Crippen LogP contribution in [0.25, 0.3) is 0 Å². The van der Waals surface area contributed by atoms with Crippen LogP contribution < -0.4 is 5.73 Å². The molecule has 1 atom stereocenters. The van der Waals surface area contributed by atoms with E-state index in [1.807, 2.05) is 11.8 Å². The zero-order chi connectivity index (χ0) is 16.1. The SMILES string of the molecule is CCCCC(N)C(=O)N1CCC(Cn2nc(C)cc2C)CC1. The molecular formula is C17H30N4O. The first-order chi connectivity index (χ1) is 10.5. The molecule has 124 valence electrons. The first-order valence-corrected chi connectivity index (χ1v) is 8.56. The third kappa shape index (κ3) is 4.32. The second-order valence-electron chi connectivity index (χ2n) is 6.63. The molecule has 2 rings (SSSR count). The van der Waals surface area contributed by atoms with Crippen LogP contribution in [0.3, 0.4) is 0 Å². The number of hydrogen-bond acceptors (Lipinski definition) is 3. The zero-order valence-corrected chi connectivity index (χ0v) is 14.2. The van der Waals surface area contributed by atoms with Crippen LogP contribution in [0.15, 0.2) is 6.07 Å². The Hall–Kier alpha value is -1.36. The number of hydrogen-bond donors (Lipinski definition) is 1. The van der Waals surface area contributed by atoms with E-state index < -0.39 is 0 Å². The summed E-state index contributed by atoms with van der Waals surface area (Å²) in [7, 11) is 0. The van der Waals surface area contributed by atoms with E-state index in [9.17, 15) is 4.79 Å². The molecular weight excluding hydrogens is 276 g/mol. The Kier molecular flexibility index (Phi) is 6.00. The highest BCUT2D eigenvalue weighted by Crippen LogP contribution is 2.20. The summed E-state index contributed by atoms with van der Waals surface area (Å²) < 4.78 is 2.10. The molecule has 0 spiro atoms. The fourth-order valence-corrected chi connectivity index (χ4v) is 3.22. The number of carbonyl (C=O) groups excluding carboxylic acids is 1. The number of rotatable bonds is 6. The van der Waals surface area contributed by atoms with E-state index in [1.54, 1.807) is 0 Å². The molecule has 1 unspecified atom stereocenters. The monoisotopic (exact) mass is 306 g/mol. The van der Waals surface area contributed by atoms with E-state index in [-0.39, 0.29) is 11.9 Å². The summed E-state index contributed by atoms with van der Waals surface area (Å²) in [6.07, 6.45) is 5.02. The van der Waals surface area contributed by atoms with Crippen molar-refractivity contribution < 1.29 is 4.79 Å². The lowest BCUT2D eigenvalue weighted by Crippen LogP contribution is -2.47. The first kappa shape index (κ1) is 17.0. The Morgan fingerprint density at radius 1 is 1.41 bits per heavy atom. The van der Waals surface area contributed by atoms with Crippen molar-refractivity contribution in [3.63, 3.8) is 0 Å². The molecule has 0 radical (unpaired) electrons. The van der Waals surface area contributed by atoms with E-state index in [0.29, 0.717) is 5.92 Å². The number of aryl methyl sites for hydroxylation is 2. The van der Waals surface area contributed by atoms with Crippen molar-refractivity contribution in [3.05, 3.63) is 17.5 Å². The van der Waals surface area contributed by atoms with Gasteiger partial charge in [-0.2, -0.15) is 5.10 Å². The van der Waals surface area contributed by atoms with Crippen molar-refractivity contribution >= 4 is 5.91 Å². The van der Waals surface area contributed by atoms with Crippen LogP contribution in [0.4, 0.5) is 0 Å². The number of carbonyl (C=O) groups is 1. The minimum Gasteiger partial charge on any atom is -0.341 e. The molecule has 5 heteroatoms. The zero-order valence-electron chi connectivity index (χ0n) is 14.2. The largest absolute Gasteiger partial charge is 0.341 e. The molecule has 1 amide bonds. The molecule has 0 saturated carbocycles. The van der Waals surface area contributed by atoms with E-state index in [0.717, 1.165) is 57.4 Å². The maximum absolute atomic E-state index is 12.3. The van der Waals surface area contributed by atoms with Gasteiger partial charge in [0.25, 0.3) is 0 Å². The quantitative estimate of drug-likeness (QED) is 0.877. The molecule has 1 aliphatic heterocycles. The van der Waals surface area contributed by atoms with Crippen molar-refractivity contribution in [1.82, 2.24) is 14.7 Å². The van der Waals surface area contributed by atoms with Gasteiger partial charge in [0.15, 0.2) is 0 Å². The van der Waals surface area contributed by atoms with Crippen molar-refractivity contribution in [2.75, 3.05) is 13.1 Å². The summed E-state index contributed by atoms with van der Waals surface area (Å²) in [6.45, 7) is 8.89. The van der Waals surface area contributed by atoms with Gasteiger partial charge in [-0.1, -0.05) is 19.8 Å². The summed E-state index contributed by atoms with van der Waals surface area (Å²) in [5.41, 5.74) is 8.31. The topological polar surface area (TPSA) is 64.2 Å². The Balaban J connectivity index is 1.80. The Morgan fingerprint density at radius 3 is 2.64 bits per heavy atom. The van der Waals surface area contributed by atoms with Gasteiger partial charge in [0.05, 0.1) is 11.7 Å². The maximum Gasteiger partial charge on any atom is 0.239 e. The molecule has 1 aromatic rings. The second kappa shape index (κ2) is 7.77. The number of piperidine rings is 1. The predicted molar refractivity (Wildman–Crippen MR) is 88.5 cm³/mol. The van der Waals surface area contributed by atoms with Gasteiger partial charge in [0, 0.05) is 25.3 Å². The molecule has 22 heavy (non-hydrogen) atoms. The van der Waals surface area contributed by atoms with Crippen LogP contribution in [-0.4, -0.2) is 39.7 Å². The Labute approximate surface area is 133 Å². The minimum absolute atomic E-state index is 0.137. The summed E-state index contributed by atoms with van der Waals surface area (Å²) >= 11 is 0. The maximum atomic E-state index is 12.3.